The number of para-hydroxylation sites is 2. The van der Waals surface area contributed by atoms with E-state index in [9.17, 15) is 0 Å². The largest absolute Gasteiger partial charge is 0.351 e. The molecule has 6 aromatic carbocycles. The van der Waals surface area contributed by atoms with Crippen molar-refractivity contribution in [2.45, 2.75) is 50.9 Å². The fourth-order valence-corrected chi connectivity index (χ4v) is 12.0. The molecule has 0 amide bonds. The molecule has 5 heteroatoms. The molecule has 0 saturated carbocycles. The number of nitrogens with one attached hydrogen (secondary N) is 2. The number of aromatic nitrogens is 2. The zero-order valence-corrected chi connectivity index (χ0v) is 36.8. The van der Waals surface area contributed by atoms with E-state index in [0.717, 1.165) is 44.4 Å². The van der Waals surface area contributed by atoms with Crippen LogP contribution in [0.15, 0.2) is 192 Å². The molecule has 14 rings (SSSR count). The zero-order chi connectivity index (χ0) is 43.3. The lowest BCUT2D eigenvalue weighted by Gasteiger charge is -2.37. The zero-order valence-electron chi connectivity index (χ0n) is 36.8. The summed E-state index contributed by atoms with van der Waals surface area (Å²) in [5.74, 6) is 1.44. The quantitative estimate of drug-likeness (QED) is 0.181. The van der Waals surface area contributed by atoms with Crippen LogP contribution < -0.4 is 21.2 Å². The van der Waals surface area contributed by atoms with Gasteiger partial charge in [0.05, 0.1) is 21.9 Å². The van der Waals surface area contributed by atoms with E-state index in [-0.39, 0.29) is 24.2 Å². The number of rotatable bonds is 5. The summed E-state index contributed by atoms with van der Waals surface area (Å²) in [6.45, 7) is 0. The molecule has 0 bridgehead atoms. The minimum Gasteiger partial charge on any atom is -0.351 e. The van der Waals surface area contributed by atoms with Crippen LogP contribution in [-0.2, 0) is 12.8 Å². The van der Waals surface area contributed by atoms with Crippen molar-refractivity contribution in [3.05, 3.63) is 214 Å². The van der Waals surface area contributed by atoms with Gasteiger partial charge in [0.15, 0.2) is 0 Å². The maximum Gasteiger partial charge on any atom is 0.127 e. The van der Waals surface area contributed by atoms with Crippen molar-refractivity contribution in [2.75, 3.05) is 0 Å². The number of aliphatic imine (C=N–C) groups is 1. The maximum atomic E-state index is 5.50. The Kier molecular flexibility index (Phi) is 8.63. The van der Waals surface area contributed by atoms with Gasteiger partial charge in [0.25, 0.3) is 0 Å². The number of benzene rings is 6. The minimum absolute atomic E-state index is 0.0583. The number of allylic oxidation sites excluding steroid dienone is 10. The monoisotopic (exact) mass is 851 g/mol. The van der Waals surface area contributed by atoms with Gasteiger partial charge in [-0.25, -0.2) is 4.99 Å². The van der Waals surface area contributed by atoms with Gasteiger partial charge in [-0.3, -0.25) is 5.32 Å². The molecule has 318 valence electrons. The molecule has 4 atom stereocenters. The first kappa shape index (κ1) is 37.9. The summed E-state index contributed by atoms with van der Waals surface area (Å²) in [5, 5.41) is 17.0. The smallest absolute Gasteiger partial charge is 0.127 e. The van der Waals surface area contributed by atoms with Gasteiger partial charge in [0.2, 0.25) is 0 Å². The second kappa shape index (κ2) is 15.0. The highest BCUT2D eigenvalue weighted by Crippen LogP contribution is 2.41. The van der Waals surface area contributed by atoms with E-state index in [4.69, 9.17) is 4.99 Å². The van der Waals surface area contributed by atoms with Crippen molar-refractivity contribution >= 4 is 72.9 Å². The molecular weight excluding hydrogens is 803 g/mol. The van der Waals surface area contributed by atoms with Crippen molar-refractivity contribution in [1.82, 2.24) is 19.8 Å². The normalized spacial score (nSPS) is 21.9. The summed E-state index contributed by atoms with van der Waals surface area (Å²) in [6, 6.07) is 47.3. The molecule has 5 aliphatic carbocycles. The Labute approximate surface area is 384 Å². The van der Waals surface area contributed by atoms with Crippen LogP contribution in [0.3, 0.4) is 0 Å². The number of aryl methyl sites for hydroxylation is 2. The van der Waals surface area contributed by atoms with Crippen LogP contribution in [0.5, 0.6) is 0 Å². The summed E-state index contributed by atoms with van der Waals surface area (Å²) in [5.41, 5.74) is 16.0. The highest BCUT2D eigenvalue weighted by atomic mass is 15.3. The van der Waals surface area contributed by atoms with Gasteiger partial charge in [0.1, 0.15) is 18.2 Å². The Bertz CT molecular complexity index is 3740. The molecule has 3 heterocycles. The summed E-state index contributed by atoms with van der Waals surface area (Å²) < 4.78 is 5.09. The van der Waals surface area contributed by atoms with E-state index in [1.165, 1.54) is 104 Å². The average Bonchev–Trinajstić information content (AvgIpc) is 3.90. The predicted molar refractivity (Wildman–Crippen MR) is 275 cm³/mol. The first-order valence-electron chi connectivity index (χ1n) is 23.9. The molecule has 8 aromatic rings. The Morgan fingerprint density at radius 2 is 1.39 bits per heavy atom. The molecule has 0 fully saturated rings. The third kappa shape index (κ3) is 5.99. The van der Waals surface area contributed by atoms with Crippen LogP contribution >= 0.6 is 0 Å². The van der Waals surface area contributed by atoms with Gasteiger partial charge in [-0.05, 0) is 113 Å². The predicted octanol–water partition coefficient (Wildman–Crippen LogP) is 12.0. The summed E-state index contributed by atoms with van der Waals surface area (Å²) >= 11 is 0. The second-order valence-electron chi connectivity index (χ2n) is 18.9. The Morgan fingerprint density at radius 3 is 2.30 bits per heavy atom. The summed E-state index contributed by atoms with van der Waals surface area (Å²) in [7, 11) is 0. The van der Waals surface area contributed by atoms with Crippen molar-refractivity contribution in [2.24, 2.45) is 16.8 Å². The molecule has 1 aliphatic heterocycles. The number of hydrogen-bond donors (Lipinski definition) is 2. The van der Waals surface area contributed by atoms with Crippen LogP contribution in [0.25, 0.3) is 78.2 Å². The van der Waals surface area contributed by atoms with Crippen molar-refractivity contribution in [3.8, 4) is 11.1 Å². The van der Waals surface area contributed by atoms with Crippen molar-refractivity contribution < 1.29 is 0 Å². The summed E-state index contributed by atoms with van der Waals surface area (Å²) in [6.07, 6.45) is 29.3. The molecule has 4 unspecified atom stereocenters. The van der Waals surface area contributed by atoms with E-state index < -0.39 is 0 Å². The van der Waals surface area contributed by atoms with E-state index in [1.54, 1.807) is 0 Å². The average molecular weight is 852 g/mol. The van der Waals surface area contributed by atoms with Gasteiger partial charge >= 0.3 is 0 Å². The Hall–Kier alpha value is -7.47. The Morgan fingerprint density at radius 1 is 0.606 bits per heavy atom. The first-order valence-corrected chi connectivity index (χ1v) is 23.9. The molecule has 5 nitrogen and oxygen atoms in total. The molecule has 0 saturated heterocycles. The molecule has 6 aliphatic rings. The lowest BCUT2D eigenvalue weighted by molar-refractivity contribution is 0.339. The van der Waals surface area contributed by atoms with Crippen LogP contribution in [0.4, 0.5) is 0 Å². The molecule has 2 N–H and O–H groups in total. The molecule has 0 radical (unpaired) electrons. The van der Waals surface area contributed by atoms with Gasteiger partial charge < -0.3 is 14.5 Å². The molecule has 2 aromatic heterocycles. The summed E-state index contributed by atoms with van der Waals surface area (Å²) in [4.78, 5) is 5.50. The molecular formula is C61H49N5. The fourth-order valence-electron chi connectivity index (χ4n) is 12.0. The fraction of sp³-hybridized carbons (Fsp3) is 0.164. The van der Waals surface area contributed by atoms with E-state index in [0.29, 0.717) is 0 Å². The van der Waals surface area contributed by atoms with Gasteiger partial charge in [0, 0.05) is 50.0 Å². The van der Waals surface area contributed by atoms with E-state index in [1.807, 2.05) is 0 Å². The standard InChI is InChI=1S/C61H49N5/c1-2-15-40(16-3-1)59-62-60(64-61(63-59)44-29-31-49-42(33-44)26-25-38-13-4-6-19-48(38)49)43-17-12-18-46(34-43)65-55-23-10-9-22-52(55)54-36-45-35-47(30-27-41(45)37-57(54)65)66-56-24-11-8-21-51(56)53-32-28-39-14-5-7-20-50(39)58(53)66/h1-2,4-15,17-24,27-33,36-37,43,45,60-61,64H,3,16,25-26,34-35H2,(H,62,63). The number of hydrogen-bond acceptors (Lipinski definition) is 3. The van der Waals surface area contributed by atoms with Crippen LogP contribution in [0.2, 0.25) is 0 Å². The number of amidine groups is 1. The van der Waals surface area contributed by atoms with Crippen molar-refractivity contribution in [3.63, 3.8) is 0 Å². The molecule has 66 heavy (non-hydrogen) atoms. The van der Waals surface area contributed by atoms with Gasteiger partial charge in [-0.2, -0.15) is 0 Å². The topological polar surface area (TPSA) is 46.3 Å². The number of fused-ring (bicyclic) bond motifs is 12. The highest BCUT2D eigenvalue weighted by molar-refractivity contribution is 6.19. The van der Waals surface area contributed by atoms with Crippen LogP contribution in [0.1, 0.15) is 48.5 Å². The van der Waals surface area contributed by atoms with Crippen molar-refractivity contribution in [1.29, 1.82) is 0 Å². The van der Waals surface area contributed by atoms with Crippen LogP contribution in [0, 0.1) is 11.8 Å². The molecule has 0 spiro atoms. The minimum atomic E-state index is -0.102. The SMILES string of the molecule is C1=CCCC(C2=NC(C3C=CC=C(n4c5c(c6ccccc64)=CC4CC(n6c7ccccc7c7ccc8ccccc8c76)=CC=C4C=5)C3)NC(c3ccc4c(c3)CCc3ccccc3-4)N2)=C1. The second-order valence-corrected chi connectivity index (χ2v) is 18.9. The lowest BCUT2D eigenvalue weighted by atomic mass is 9.84. The lowest BCUT2D eigenvalue weighted by Crippen LogP contribution is -2.51. The first-order chi connectivity index (χ1) is 32.7. The maximum absolute atomic E-state index is 5.50. The highest BCUT2D eigenvalue weighted by Gasteiger charge is 2.33. The van der Waals surface area contributed by atoms with Crippen LogP contribution in [-0.4, -0.2) is 21.1 Å². The van der Waals surface area contributed by atoms with Gasteiger partial charge in [-0.15, -0.1) is 0 Å². The third-order valence-electron chi connectivity index (χ3n) is 15.2. The number of nitrogens with zero attached hydrogens (tertiary/aromatic N) is 3. The van der Waals surface area contributed by atoms with Gasteiger partial charge in [-0.1, -0.05) is 158 Å². The van der Waals surface area contributed by atoms with E-state index in [2.05, 4.69) is 208 Å². The third-order valence-corrected chi connectivity index (χ3v) is 15.2. The Balaban J connectivity index is 0.827. The van der Waals surface area contributed by atoms with E-state index >= 15 is 0 Å².